The lowest BCUT2D eigenvalue weighted by molar-refractivity contribution is -0.117. The number of anilines is 1. The van der Waals surface area contributed by atoms with Crippen molar-refractivity contribution in [1.29, 1.82) is 0 Å². The highest BCUT2D eigenvalue weighted by atomic mass is 35.5. The average Bonchev–Trinajstić information content (AvgIpc) is 3.09. The van der Waals surface area contributed by atoms with Crippen molar-refractivity contribution in [2.75, 3.05) is 18.4 Å². The van der Waals surface area contributed by atoms with Crippen LogP contribution in [0.4, 0.5) is 5.69 Å². The molecule has 0 aromatic heterocycles. The third kappa shape index (κ3) is 3.73. The van der Waals surface area contributed by atoms with Gasteiger partial charge < -0.3 is 15.5 Å². The molecular weight excluding hydrogens is 326 g/mol. The summed E-state index contributed by atoms with van der Waals surface area (Å²) in [7, 11) is 0. The molecule has 2 N–H and O–H groups in total. The van der Waals surface area contributed by atoms with Gasteiger partial charge in [0.2, 0.25) is 5.91 Å². The van der Waals surface area contributed by atoms with E-state index in [1.807, 2.05) is 4.90 Å². The van der Waals surface area contributed by atoms with Gasteiger partial charge in [0.25, 0.3) is 5.91 Å². The summed E-state index contributed by atoms with van der Waals surface area (Å²) >= 11 is 6.32. The number of benzene rings is 1. The maximum atomic E-state index is 12.7. The van der Waals surface area contributed by atoms with Gasteiger partial charge in [-0.1, -0.05) is 11.6 Å². The number of amides is 2. The van der Waals surface area contributed by atoms with Crippen molar-refractivity contribution in [3.63, 3.8) is 0 Å². The summed E-state index contributed by atoms with van der Waals surface area (Å²) in [6.45, 7) is 3.73. The molecule has 0 bridgehead atoms. The first-order valence-corrected chi connectivity index (χ1v) is 9.09. The van der Waals surface area contributed by atoms with Crippen LogP contribution in [0.3, 0.4) is 0 Å². The van der Waals surface area contributed by atoms with Crippen LogP contribution in [0.1, 0.15) is 49.4 Å². The number of hydrogen-bond acceptors (Lipinski definition) is 3. The summed E-state index contributed by atoms with van der Waals surface area (Å²) in [5.41, 5.74) is 1.13. The van der Waals surface area contributed by atoms with Crippen LogP contribution in [0, 0.1) is 0 Å². The first kappa shape index (κ1) is 17.2. The van der Waals surface area contributed by atoms with Gasteiger partial charge in [-0.05, 0) is 63.8 Å². The lowest BCUT2D eigenvalue weighted by atomic mass is 10.0. The van der Waals surface area contributed by atoms with Gasteiger partial charge in [0, 0.05) is 18.3 Å². The fraction of sp³-hybridized carbons (Fsp3) is 0.556. The number of carbonyl (C=O) groups is 2. The van der Waals surface area contributed by atoms with E-state index in [0.717, 1.165) is 38.8 Å². The van der Waals surface area contributed by atoms with Crippen LogP contribution in [0.2, 0.25) is 5.02 Å². The van der Waals surface area contributed by atoms with Gasteiger partial charge in [0.15, 0.2) is 0 Å². The molecule has 1 aromatic carbocycles. The molecule has 2 fully saturated rings. The van der Waals surface area contributed by atoms with Crippen molar-refractivity contribution >= 4 is 29.1 Å². The van der Waals surface area contributed by atoms with E-state index in [0.29, 0.717) is 16.3 Å². The molecule has 2 aliphatic rings. The van der Waals surface area contributed by atoms with E-state index in [2.05, 4.69) is 17.6 Å². The second-order valence-corrected chi connectivity index (χ2v) is 7.08. The molecule has 2 amide bonds. The summed E-state index contributed by atoms with van der Waals surface area (Å²) in [5, 5.41) is 6.42. The van der Waals surface area contributed by atoms with Gasteiger partial charge in [0.1, 0.15) is 0 Å². The highest BCUT2D eigenvalue weighted by Crippen LogP contribution is 2.26. The third-order valence-corrected chi connectivity index (χ3v) is 5.22. The molecule has 2 unspecified atom stereocenters. The van der Waals surface area contributed by atoms with E-state index >= 15 is 0 Å². The maximum Gasteiger partial charge on any atom is 0.255 e. The lowest BCUT2D eigenvalue weighted by Gasteiger charge is -2.33. The molecule has 3 rings (SSSR count). The number of likely N-dealkylation sites (tertiary alicyclic amines) is 1. The Morgan fingerprint density at radius 3 is 2.75 bits per heavy atom. The first-order chi connectivity index (χ1) is 11.6. The molecule has 2 atom stereocenters. The largest absolute Gasteiger partial charge is 0.336 e. The van der Waals surface area contributed by atoms with Crippen LogP contribution in [0.5, 0.6) is 0 Å². The van der Waals surface area contributed by atoms with Crippen molar-refractivity contribution in [2.24, 2.45) is 0 Å². The Bertz CT molecular complexity index is 629. The summed E-state index contributed by atoms with van der Waals surface area (Å²) in [6.07, 6.45) is 5.10. The number of carbonyl (C=O) groups excluding carboxylic acids is 2. The number of halogens is 1. The minimum atomic E-state index is -0.140. The topological polar surface area (TPSA) is 61.4 Å². The normalized spacial score (nSPS) is 24.0. The van der Waals surface area contributed by atoms with Crippen molar-refractivity contribution in [3.8, 4) is 0 Å². The van der Waals surface area contributed by atoms with Crippen LogP contribution in [-0.4, -0.2) is 41.9 Å². The summed E-state index contributed by atoms with van der Waals surface area (Å²) in [5.74, 6) is -0.0742. The van der Waals surface area contributed by atoms with Crippen LogP contribution >= 0.6 is 11.6 Å². The second kappa shape index (κ2) is 7.53. The minimum Gasteiger partial charge on any atom is -0.336 e. The molecule has 2 heterocycles. The van der Waals surface area contributed by atoms with Gasteiger partial charge in [-0.2, -0.15) is 0 Å². The molecule has 6 heteroatoms. The van der Waals surface area contributed by atoms with Crippen LogP contribution < -0.4 is 10.6 Å². The molecule has 0 spiro atoms. The number of nitrogens with one attached hydrogen (secondary N) is 2. The van der Waals surface area contributed by atoms with E-state index in [1.54, 1.807) is 18.2 Å². The van der Waals surface area contributed by atoms with Gasteiger partial charge >= 0.3 is 0 Å². The van der Waals surface area contributed by atoms with Gasteiger partial charge in [-0.3, -0.25) is 9.59 Å². The standard InChI is InChI=1S/C18H24ClN3O2/c1-12-5-2-3-10-22(12)18(24)14-8-7-13(11-15(14)19)21-17(23)16-6-4-9-20-16/h7-8,11-12,16,20H,2-6,9-10H2,1H3,(H,21,23). The van der Waals surface area contributed by atoms with E-state index in [4.69, 9.17) is 11.6 Å². The molecule has 0 aliphatic carbocycles. The molecule has 1 aromatic rings. The highest BCUT2D eigenvalue weighted by molar-refractivity contribution is 6.34. The van der Waals surface area contributed by atoms with E-state index < -0.39 is 0 Å². The zero-order chi connectivity index (χ0) is 17.1. The zero-order valence-electron chi connectivity index (χ0n) is 14.0. The third-order valence-electron chi connectivity index (χ3n) is 4.91. The number of rotatable bonds is 3. The lowest BCUT2D eigenvalue weighted by Crippen LogP contribution is -2.42. The predicted molar refractivity (Wildman–Crippen MR) is 95.5 cm³/mol. The molecule has 0 radical (unpaired) electrons. The first-order valence-electron chi connectivity index (χ1n) is 8.71. The molecule has 0 saturated carbocycles. The Morgan fingerprint density at radius 1 is 1.25 bits per heavy atom. The fourth-order valence-electron chi connectivity index (χ4n) is 3.46. The fourth-order valence-corrected chi connectivity index (χ4v) is 3.72. The van der Waals surface area contributed by atoms with Gasteiger partial charge in [-0.25, -0.2) is 0 Å². The van der Waals surface area contributed by atoms with Crippen LogP contribution in [0.25, 0.3) is 0 Å². The van der Waals surface area contributed by atoms with E-state index in [-0.39, 0.29) is 23.9 Å². The van der Waals surface area contributed by atoms with Crippen molar-refractivity contribution in [2.45, 2.75) is 51.1 Å². The summed E-state index contributed by atoms with van der Waals surface area (Å²) < 4.78 is 0. The number of piperidine rings is 1. The SMILES string of the molecule is CC1CCCCN1C(=O)c1ccc(NC(=O)C2CCCN2)cc1Cl. The monoisotopic (exact) mass is 349 g/mol. The maximum absolute atomic E-state index is 12.7. The Labute approximate surface area is 147 Å². The summed E-state index contributed by atoms with van der Waals surface area (Å²) in [4.78, 5) is 26.8. The Balaban J connectivity index is 1.69. The van der Waals surface area contributed by atoms with Gasteiger partial charge in [-0.15, -0.1) is 0 Å². The minimum absolute atomic E-state index is 0.0254. The predicted octanol–water partition coefficient (Wildman–Crippen LogP) is 3.05. The van der Waals surface area contributed by atoms with Crippen molar-refractivity contribution in [1.82, 2.24) is 10.2 Å². The van der Waals surface area contributed by atoms with Crippen LogP contribution in [0.15, 0.2) is 18.2 Å². The van der Waals surface area contributed by atoms with Gasteiger partial charge in [0.05, 0.1) is 16.6 Å². The quantitative estimate of drug-likeness (QED) is 0.881. The molecule has 5 nitrogen and oxygen atoms in total. The number of nitrogens with zero attached hydrogens (tertiary/aromatic N) is 1. The molecule has 24 heavy (non-hydrogen) atoms. The smallest absolute Gasteiger partial charge is 0.255 e. The second-order valence-electron chi connectivity index (χ2n) is 6.68. The zero-order valence-corrected chi connectivity index (χ0v) is 14.7. The average molecular weight is 350 g/mol. The van der Waals surface area contributed by atoms with Crippen LogP contribution in [-0.2, 0) is 4.79 Å². The van der Waals surface area contributed by atoms with Crippen molar-refractivity contribution in [3.05, 3.63) is 28.8 Å². The molecule has 130 valence electrons. The molecular formula is C18H24ClN3O2. The summed E-state index contributed by atoms with van der Waals surface area (Å²) in [6, 6.07) is 5.23. The van der Waals surface area contributed by atoms with E-state index in [1.165, 1.54) is 6.42 Å². The highest BCUT2D eigenvalue weighted by Gasteiger charge is 2.26. The molecule has 2 saturated heterocycles. The Hall–Kier alpha value is -1.59. The number of hydrogen-bond donors (Lipinski definition) is 2. The Kier molecular flexibility index (Phi) is 5.41. The molecule has 2 aliphatic heterocycles. The van der Waals surface area contributed by atoms with E-state index in [9.17, 15) is 9.59 Å². The van der Waals surface area contributed by atoms with Crippen molar-refractivity contribution < 1.29 is 9.59 Å². The Morgan fingerprint density at radius 2 is 2.08 bits per heavy atom.